The summed E-state index contributed by atoms with van der Waals surface area (Å²) in [6.45, 7) is 5.82. The third kappa shape index (κ3) is 4.20. The minimum atomic E-state index is 0.713. The number of hydrogen-bond acceptors (Lipinski definition) is 0. The summed E-state index contributed by atoms with van der Waals surface area (Å²) in [5.74, 6) is 1.49. The zero-order valence-electron chi connectivity index (χ0n) is 5.36. The van der Waals surface area contributed by atoms with E-state index in [1.54, 1.807) is 0 Å². The summed E-state index contributed by atoms with van der Waals surface area (Å²) in [6.07, 6.45) is 4.14. The zero-order valence-corrected chi connectivity index (χ0v) is 6.12. The number of allylic oxidation sites excluding steroid dienone is 1. The van der Waals surface area contributed by atoms with Crippen molar-refractivity contribution in [1.82, 2.24) is 0 Å². The van der Waals surface area contributed by atoms with Crippen LogP contribution in [0.5, 0.6) is 0 Å². The third-order valence-electron chi connectivity index (χ3n) is 1.17. The first kappa shape index (κ1) is 8.03. The summed E-state index contributed by atoms with van der Waals surface area (Å²) in [7, 11) is 0. The van der Waals surface area contributed by atoms with E-state index in [9.17, 15) is 0 Å². The molecule has 0 aromatic carbocycles. The van der Waals surface area contributed by atoms with Crippen LogP contribution in [0.1, 0.15) is 19.8 Å². The molecular weight excluding hydrogens is 120 g/mol. The number of halogens is 1. The predicted molar refractivity (Wildman–Crippen MR) is 39.3 cm³/mol. The first-order valence-corrected chi connectivity index (χ1v) is 3.51. The van der Waals surface area contributed by atoms with E-state index in [4.69, 9.17) is 11.6 Å². The van der Waals surface area contributed by atoms with Gasteiger partial charge in [0.15, 0.2) is 0 Å². The first-order chi connectivity index (χ1) is 3.81. The maximum Gasteiger partial charge on any atom is 0.0226 e. The molecule has 0 saturated heterocycles. The Morgan fingerprint density at radius 3 is 2.75 bits per heavy atom. The Morgan fingerprint density at radius 1 is 1.75 bits per heavy atom. The van der Waals surface area contributed by atoms with Crippen LogP contribution in [0.15, 0.2) is 12.7 Å². The number of hydrogen-bond donors (Lipinski definition) is 0. The molecule has 0 aromatic heterocycles. The quantitative estimate of drug-likeness (QED) is 0.408. The number of rotatable bonds is 4. The average molecular weight is 133 g/mol. The topological polar surface area (TPSA) is 0 Å². The summed E-state index contributed by atoms with van der Waals surface area (Å²) in [6, 6.07) is 0. The van der Waals surface area contributed by atoms with Crippen molar-refractivity contribution in [3.63, 3.8) is 0 Å². The summed E-state index contributed by atoms with van der Waals surface area (Å²) < 4.78 is 0. The highest BCUT2D eigenvalue weighted by Gasteiger charge is 1.95. The predicted octanol–water partition coefficient (Wildman–Crippen LogP) is 2.83. The monoisotopic (exact) mass is 132 g/mol. The molecule has 0 bridgehead atoms. The van der Waals surface area contributed by atoms with E-state index < -0.39 is 0 Å². The SMILES string of the molecule is C=CCC(C)CCCl. The minimum absolute atomic E-state index is 0.713. The van der Waals surface area contributed by atoms with Crippen LogP contribution in [0, 0.1) is 5.92 Å². The van der Waals surface area contributed by atoms with Crippen molar-refractivity contribution >= 4 is 11.6 Å². The maximum absolute atomic E-state index is 5.50. The fraction of sp³-hybridized carbons (Fsp3) is 0.714. The molecule has 0 fully saturated rings. The van der Waals surface area contributed by atoms with E-state index in [1.165, 1.54) is 0 Å². The molecule has 0 rings (SSSR count). The van der Waals surface area contributed by atoms with E-state index in [0.717, 1.165) is 18.7 Å². The van der Waals surface area contributed by atoms with Crippen LogP contribution in [-0.4, -0.2) is 5.88 Å². The number of alkyl halides is 1. The van der Waals surface area contributed by atoms with Crippen molar-refractivity contribution in [2.75, 3.05) is 5.88 Å². The van der Waals surface area contributed by atoms with E-state index >= 15 is 0 Å². The Balaban J connectivity index is 3.03. The van der Waals surface area contributed by atoms with Gasteiger partial charge in [-0.3, -0.25) is 0 Å². The van der Waals surface area contributed by atoms with Crippen LogP contribution in [-0.2, 0) is 0 Å². The highest BCUT2D eigenvalue weighted by atomic mass is 35.5. The second-order valence-corrected chi connectivity index (χ2v) is 2.49. The average Bonchev–Trinajstić information content (AvgIpc) is 1.68. The second-order valence-electron chi connectivity index (χ2n) is 2.11. The van der Waals surface area contributed by atoms with Gasteiger partial charge in [0.2, 0.25) is 0 Å². The van der Waals surface area contributed by atoms with Gasteiger partial charge in [0, 0.05) is 5.88 Å². The Bertz CT molecular complexity index is 59.4. The molecule has 48 valence electrons. The molecule has 1 atom stereocenters. The van der Waals surface area contributed by atoms with Gasteiger partial charge in [-0.15, -0.1) is 18.2 Å². The molecular formula is C7H13Cl. The molecule has 0 aliphatic rings. The van der Waals surface area contributed by atoms with Gasteiger partial charge in [-0.05, 0) is 18.8 Å². The van der Waals surface area contributed by atoms with E-state index in [2.05, 4.69) is 13.5 Å². The lowest BCUT2D eigenvalue weighted by Gasteiger charge is -2.02. The van der Waals surface area contributed by atoms with Gasteiger partial charge in [-0.1, -0.05) is 13.0 Å². The Hall–Kier alpha value is 0.0300. The van der Waals surface area contributed by atoms with Gasteiger partial charge in [0.25, 0.3) is 0 Å². The van der Waals surface area contributed by atoms with Gasteiger partial charge >= 0.3 is 0 Å². The molecule has 1 unspecified atom stereocenters. The molecule has 0 aliphatic heterocycles. The van der Waals surface area contributed by atoms with Crippen molar-refractivity contribution in [2.45, 2.75) is 19.8 Å². The highest BCUT2D eigenvalue weighted by Crippen LogP contribution is 2.07. The van der Waals surface area contributed by atoms with Crippen LogP contribution in [0.2, 0.25) is 0 Å². The van der Waals surface area contributed by atoms with Crippen LogP contribution in [0.3, 0.4) is 0 Å². The molecule has 0 heterocycles. The molecule has 0 aliphatic carbocycles. The summed E-state index contributed by atoms with van der Waals surface area (Å²) >= 11 is 5.50. The smallest absolute Gasteiger partial charge is 0.0226 e. The third-order valence-corrected chi connectivity index (χ3v) is 1.39. The van der Waals surface area contributed by atoms with Gasteiger partial charge in [0.05, 0.1) is 0 Å². The molecule has 0 N–H and O–H groups in total. The van der Waals surface area contributed by atoms with Crippen molar-refractivity contribution in [2.24, 2.45) is 5.92 Å². The summed E-state index contributed by atoms with van der Waals surface area (Å²) in [5, 5.41) is 0. The summed E-state index contributed by atoms with van der Waals surface area (Å²) in [4.78, 5) is 0. The molecule has 1 heteroatoms. The Labute approximate surface area is 56.5 Å². The molecule has 0 nitrogen and oxygen atoms in total. The van der Waals surface area contributed by atoms with E-state index in [-0.39, 0.29) is 0 Å². The maximum atomic E-state index is 5.50. The van der Waals surface area contributed by atoms with Crippen molar-refractivity contribution in [1.29, 1.82) is 0 Å². The van der Waals surface area contributed by atoms with Crippen LogP contribution in [0.25, 0.3) is 0 Å². The fourth-order valence-corrected chi connectivity index (χ4v) is 0.961. The minimum Gasteiger partial charge on any atom is -0.127 e. The molecule has 0 aromatic rings. The van der Waals surface area contributed by atoms with Gasteiger partial charge in [-0.25, -0.2) is 0 Å². The summed E-state index contributed by atoms with van der Waals surface area (Å²) in [5.41, 5.74) is 0. The van der Waals surface area contributed by atoms with Crippen LogP contribution >= 0.6 is 11.6 Å². The molecule has 0 spiro atoms. The van der Waals surface area contributed by atoms with Crippen LogP contribution in [0.4, 0.5) is 0 Å². The van der Waals surface area contributed by atoms with Crippen molar-refractivity contribution in [3.8, 4) is 0 Å². The lowest BCUT2D eigenvalue weighted by molar-refractivity contribution is 0.576. The fourth-order valence-electron chi connectivity index (χ4n) is 0.589. The molecule has 8 heavy (non-hydrogen) atoms. The molecule has 0 amide bonds. The van der Waals surface area contributed by atoms with Gasteiger partial charge in [0.1, 0.15) is 0 Å². The molecule has 0 saturated carbocycles. The largest absolute Gasteiger partial charge is 0.127 e. The van der Waals surface area contributed by atoms with E-state index in [0.29, 0.717) is 5.92 Å². The van der Waals surface area contributed by atoms with Gasteiger partial charge < -0.3 is 0 Å². The van der Waals surface area contributed by atoms with E-state index in [1.807, 2.05) is 6.08 Å². The first-order valence-electron chi connectivity index (χ1n) is 2.98. The lowest BCUT2D eigenvalue weighted by atomic mass is 10.1. The van der Waals surface area contributed by atoms with Crippen LogP contribution < -0.4 is 0 Å². The molecule has 0 radical (unpaired) electrons. The normalized spacial score (nSPS) is 13.2. The van der Waals surface area contributed by atoms with Gasteiger partial charge in [-0.2, -0.15) is 0 Å². The highest BCUT2D eigenvalue weighted by molar-refractivity contribution is 6.17. The van der Waals surface area contributed by atoms with Crippen molar-refractivity contribution < 1.29 is 0 Å². The lowest BCUT2D eigenvalue weighted by Crippen LogP contribution is -1.91. The Kier molecular flexibility index (Phi) is 5.19. The Morgan fingerprint density at radius 2 is 2.38 bits per heavy atom. The standard InChI is InChI=1S/C7H13Cl/c1-3-4-7(2)5-6-8/h3,7H,1,4-6H2,2H3. The second kappa shape index (κ2) is 5.17. The van der Waals surface area contributed by atoms with Crippen molar-refractivity contribution in [3.05, 3.63) is 12.7 Å². The zero-order chi connectivity index (χ0) is 6.41.